The Morgan fingerprint density at radius 3 is 2.46 bits per heavy atom. The maximum absolute atomic E-state index is 13.1. The highest BCUT2D eigenvalue weighted by atomic mass is 32.2. The SMILES string of the molecule is Cc1ccc(S(=O)(=O)OC2CC3(CCN(CCCc4cccc5c4CN(C4CCC(=O)NC4=O)C5=O)CC3)C2)cc1. The maximum Gasteiger partial charge on any atom is 0.297 e. The van der Waals surface area contributed by atoms with Crippen LogP contribution in [0.15, 0.2) is 47.4 Å². The lowest BCUT2D eigenvalue weighted by molar-refractivity contribution is -0.136. The van der Waals surface area contributed by atoms with Gasteiger partial charge in [0.1, 0.15) is 6.04 Å². The highest BCUT2D eigenvalue weighted by Crippen LogP contribution is 2.51. The van der Waals surface area contributed by atoms with Crippen molar-refractivity contribution in [2.24, 2.45) is 5.41 Å². The van der Waals surface area contributed by atoms with Gasteiger partial charge in [0, 0.05) is 18.5 Å². The van der Waals surface area contributed by atoms with Gasteiger partial charge in [0.2, 0.25) is 11.8 Å². The van der Waals surface area contributed by atoms with E-state index in [1.54, 1.807) is 29.2 Å². The van der Waals surface area contributed by atoms with E-state index in [2.05, 4.69) is 16.3 Å². The Hall–Kier alpha value is -3.08. The molecule has 0 bridgehead atoms. The molecule has 3 heterocycles. The number of carbonyl (C=O) groups is 3. The first-order valence-corrected chi connectivity index (χ1v) is 16.0. The summed E-state index contributed by atoms with van der Waals surface area (Å²) in [6.07, 6.45) is 5.88. The fourth-order valence-corrected chi connectivity index (χ4v) is 8.03. The molecule has 41 heavy (non-hydrogen) atoms. The van der Waals surface area contributed by atoms with Crippen molar-refractivity contribution in [1.82, 2.24) is 15.1 Å². The standard InChI is InChI=1S/C31H37N3O6S/c1-21-7-9-24(10-8-21)41(38,39)40-23-18-31(19-23)13-16-33(17-14-31)15-3-5-22-4-2-6-25-26(22)20-34(30(25)37)27-11-12-28(35)32-29(27)36/h2,4,6-10,23,27H,3,5,11-20H2,1H3,(H,32,35,36). The quantitative estimate of drug-likeness (QED) is 0.377. The van der Waals surface area contributed by atoms with Crippen molar-refractivity contribution in [3.05, 3.63) is 64.7 Å². The number of fused-ring (bicyclic) bond motifs is 1. The third-order valence-electron chi connectivity index (χ3n) is 9.41. The van der Waals surface area contributed by atoms with E-state index in [0.29, 0.717) is 18.5 Å². The van der Waals surface area contributed by atoms with Gasteiger partial charge in [-0.25, -0.2) is 0 Å². The van der Waals surface area contributed by atoms with E-state index in [9.17, 15) is 22.8 Å². The maximum atomic E-state index is 13.1. The molecule has 6 rings (SSSR count). The number of aryl methyl sites for hydroxylation is 2. The van der Waals surface area contributed by atoms with Crippen molar-refractivity contribution >= 4 is 27.8 Å². The molecule has 10 heteroatoms. The zero-order valence-corrected chi connectivity index (χ0v) is 24.3. The molecule has 1 atom stereocenters. The summed E-state index contributed by atoms with van der Waals surface area (Å²) in [7, 11) is -3.73. The molecule has 3 amide bonds. The largest absolute Gasteiger partial charge is 0.322 e. The number of nitrogens with one attached hydrogen (secondary N) is 1. The summed E-state index contributed by atoms with van der Waals surface area (Å²) in [5, 5.41) is 2.36. The van der Waals surface area contributed by atoms with E-state index in [-0.39, 0.29) is 40.6 Å². The van der Waals surface area contributed by atoms with E-state index in [1.807, 2.05) is 19.1 Å². The molecule has 2 saturated heterocycles. The molecule has 4 aliphatic rings. The second kappa shape index (κ2) is 11.0. The normalized spacial score (nSPS) is 23.0. The van der Waals surface area contributed by atoms with Gasteiger partial charge in [-0.1, -0.05) is 29.8 Å². The van der Waals surface area contributed by atoms with Crippen LogP contribution in [0.5, 0.6) is 0 Å². The summed E-state index contributed by atoms with van der Waals surface area (Å²) in [6, 6.07) is 12.0. The molecule has 1 spiro atoms. The molecule has 1 unspecified atom stereocenters. The predicted octanol–water partition coefficient (Wildman–Crippen LogP) is 3.34. The Labute approximate surface area is 241 Å². The van der Waals surface area contributed by atoms with Crippen LogP contribution >= 0.6 is 0 Å². The van der Waals surface area contributed by atoms with Gasteiger partial charge in [-0.05, 0) is 106 Å². The lowest BCUT2D eigenvalue weighted by Gasteiger charge is -2.51. The number of likely N-dealkylation sites (tertiary alicyclic amines) is 1. The topological polar surface area (TPSA) is 113 Å². The predicted molar refractivity (Wildman–Crippen MR) is 151 cm³/mol. The summed E-state index contributed by atoms with van der Waals surface area (Å²) in [4.78, 5) is 41.3. The van der Waals surface area contributed by atoms with E-state index in [0.717, 1.165) is 74.8 Å². The zero-order valence-electron chi connectivity index (χ0n) is 23.4. The minimum Gasteiger partial charge on any atom is -0.322 e. The number of hydrogen-bond donors (Lipinski definition) is 1. The monoisotopic (exact) mass is 579 g/mol. The third-order valence-corrected chi connectivity index (χ3v) is 10.8. The Morgan fingerprint density at radius 2 is 1.76 bits per heavy atom. The average Bonchev–Trinajstić information content (AvgIpc) is 3.26. The lowest BCUT2D eigenvalue weighted by atomic mass is 9.61. The highest BCUT2D eigenvalue weighted by Gasteiger charge is 2.48. The summed E-state index contributed by atoms with van der Waals surface area (Å²) in [5.74, 6) is -0.799. The van der Waals surface area contributed by atoms with Crippen LogP contribution in [0, 0.1) is 12.3 Å². The first-order valence-electron chi connectivity index (χ1n) is 14.6. The Balaban J connectivity index is 0.965. The fraction of sp³-hybridized carbons (Fsp3) is 0.516. The highest BCUT2D eigenvalue weighted by molar-refractivity contribution is 7.86. The molecule has 3 fully saturated rings. The van der Waals surface area contributed by atoms with Crippen molar-refractivity contribution in [2.75, 3.05) is 19.6 Å². The van der Waals surface area contributed by atoms with Gasteiger partial charge in [-0.2, -0.15) is 8.42 Å². The summed E-state index contributed by atoms with van der Waals surface area (Å²) >= 11 is 0. The molecule has 1 N–H and O–H groups in total. The van der Waals surface area contributed by atoms with E-state index in [1.165, 1.54) is 0 Å². The van der Waals surface area contributed by atoms with Crippen molar-refractivity contribution in [3.63, 3.8) is 0 Å². The molecule has 0 aromatic heterocycles. The molecule has 2 aromatic carbocycles. The number of amides is 3. The smallest absolute Gasteiger partial charge is 0.297 e. The van der Waals surface area contributed by atoms with Gasteiger partial charge in [-0.3, -0.25) is 23.9 Å². The second-order valence-corrected chi connectivity index (χ2v) is 13.8. The Kier molecular flexibility index (Phi) is 7.50. The van der Waals surface area contributed by atoms with Crippen LogP contribution in [-0.4, -0.2) is 67.7 Å². The Morgan fingerprint density at radius 1 is 1.02 bits per heavy atom. The molecule has 0 radical (unpaired) electrons. The molecule has 9 nitrogen and oxygen atoms in total. The first-order chi connectivity index (χ1) is 19.6. The molecule has 1 saturated carbocycles. The summed E-state index contributed by atoms with van der Waals surface area (Å²) < 4.78 is 30.8. The third kappa shape index (κ3) is 5.69. The number of imide groups is 1. The van der Waals surface area contributed by atoms with Gasteiger partial charge in [-0.15, -0.1) is 0 Å². The molecular weight excluding hydrogens is 542 g/mol. The van der Waals surface area contributed by atoms with Crippen molar-refractivity contribution in [1.29, 1.82) is 0 Å². The Bertz CT molecular complexity index is 1460. The minimum absolute atomic E-state index is 0.132. The number of benzene rings is 2. The molecular formula is C31H37N3O6S. The lowest BCUT2D eigenvalue weighted by Crippen LogP contribution is -2.52. The van der Waals surface area contributed by atoms with Crippen molar-refractivity contribution in [3.8, 4) is 0 Å². The number of piperidine rings is 2. The van der Waals surface area contributed by atoms with Crippen LogP contribution in [0.4, 0.5) is 0 Å². The van der Waals surface area contributed by atoms with Gasteiger partial charge in [0.25, 0.3) is 16.0 Å². The second-order valence-electron chi connectivity index (χ2n) is 12.2. The van der Waals surface area contributed by atoms with Crippen LogP contribution in [0.25, 0.3) is 0 Å². The van der Waals surface area contributed by atoms with Crippen LogP contribution in [0.2, 0.25) is 0 Å². The number of nitrogens with zero attached hydrogens (tertiary/aromatic N) is 2. The van der Waals surface area contributed by atoms with E-state index in [4.69, 9.17) is 4.18 Å². The van der Waals surface area contributed by atoms with Crippen LogP contribution in [0.3, 0.4) is 0 Å². The van der Waals surface area contributed by atoms with Gasteiger partial charge < -0.3 is 9.80 Å². The molecule has 218 valence electrons. The minimum atomic E-state index is -3.73. The van der Waals surface area contributed by atoms with E-state index >= 15 is 0 Å². The van der Waals surface area contributed by atoms with Crippen LogP contribution < -0.4 is 5.32 Å². The van der Waals surface area contributed by atoms with Gasteiger partial charge in [0.15, 0.2) is 0 Å². The van der Waals surface area contributed by atoms with Crippen molar-refractivity contribution < 1.29 is 27.0 Å². The zero-order chi connectivity index (χ0) is 28.8. The number of rotatable bonds is 8. The number of carbonyl (C=O) groups excluding carboxylic acids is 3. The summed E-state index contributed by atoms with van der Waals surface area (Å²) in [5.41, 5.74) is 4.01. The molecule has 1 aliphatic carbocycles. The molecule has 2 aromatic rings. The number of hydrogen-bond acceptors (Lipinski definition) is 7. The first kappa shape index (κ1) is 28.1. The van der Waals surface area contributed by atoms with Crippen LogP contribution in [-0.2, 0) is 36.9 Å². The fourth-order valence-electron chi connectivity index (χ4n) is 6.95. The van der Waals surface area contributed by atoms with Gasteiger partial charge in [0.05, 0.1) is 11.0 Å². The van der Waals surface area contributed by atoms with E-state index < -0.39 is 16.2 Å². The van der Waals surface area contributed by atoms with Gasteiger partial charge >= 0.3 is 0 Å². The average molecular weight is 580 g/mol. The summed E-state index contributed by atoms with van der Waals surface area (Å²) in [6.45, 7) is 5.28. The van der Waals surface area contributed by atoms with Crippen molar-refractivity contribution in [2.45, 2.75) is 81.9 Å². The molecule has 3 aliphatic heterocycles. The van der Waals surface area contributed by atoms with Crippen LogP contribution in [0.1, 0.15) is 72.0 Å².